The fraction of sp³-hybridized carbons (Fsp3) is 0.385. The van der Waals surface area contributed by atoms with Crippen LogP contribution in [0.4, 0.5) is 0 Å². The zero-order chi connectivity index (χ0) is 15.0. The first kappa shape index (κ1) is 13.7. The summed E-state index contributed by atoms with van der Waals surface area (Å²) in [5.41, 5.74) is 0.203. The van der Waals surface area contributed by atoms with E-state index in [9.17, 15) is 9.59 Å². The number of amides is 1. The molecule has 0 radical (unpaired) electrons. The number of nitrogens with zero attached hydrogens (tertiary/aromatic N) is 3. The lowest BCUT2D eigenvalue weighted by molar-refractivity contribution is 0.0178. The highest BCUT2D eigenvalue weighted by Gasteiger charge is 2.34. The van der Waals surface area contributed by atoms with Crippen molar-refractivity contribution in [1.82, 2.24) is 14.5 Å². The molecule has 2 aromatic rings. The van der Waals surface area contributed by atoms with Crippen LogP contribution >= 0.6 is 11.5 Å². The van der Waals surface area contributed by atoms with Crippen LogP contribution in [0.5, 0.6) is 5.75 Å². The molecule has 0 N–H and O–H groups in total. The van der Waals surface area contributed by atoms with Crippen LogP contribution in [0, 0.1) is 13.8 Å². The lowest BCUT2D eigenvalue weighted by atomic mass is 10.1. The Labute approximate surface area is 124 Å². The van der Waals surface area contributed by atoms with E-state index in [4.69, 9.17) is 9.15 Å². The molecule has 1 fully saturated rings. The van der Waals surface area contributed by atoms with Crippen molar-refractivity contribution in [2.45, 2.75) is 20.0 Å². The summed E-state index contributed by atoms with van der Waals surface area (Å²) in [4.78, 5) is 25.6. The van der Waals surface area contributed by atoms with E-state index in [-0.39, 0.29) is 12.0 Å². The molecule has 2 aromatic heterocycles. The molecule has 0 bridgehead atoms. The number of carbonyl (C=O) groups excluding carboxylic acids is 1. The Morgan fingerprint density at radius 3 is 2.81 bits per heavy atom. The molecule has 3 rings (SSSR count). The summed E-state index contributed by atoms with van der Waals surface area (Å²) in [5, 5.41) is 3.83. The van der Waals surface area contributed by atoms with Gasteiger partial charge >= 0.3 is 5.63 Å². The number of aryl methyl sites for hydroxylation is 2. The molecule has 0 saturated carbocycles. The minimum absolute atomic E-state index is 0.0777. The van der Waals surface area contributed by atoms with Gasteiger partial charge in [-0.1, -0.05) is 4.49 Å². The maximum atomic E-state index is 12.2. The minimum Gasteiger partial charge on any atom is -0.486 e. The molecule has 8 heteroatoms. The van der Waals surface area contributed by atoms with E-state index in [1.807, 2.05) is 0 Å². The van der Waals surface area contributed by atoms with Crippen LogP contribution in [0.1, 0.15) is 21.1 Å². The average Bonchev–Trinajstić information content (AvgIpc) is 2.77. The fourth-order valence-electron chi connectivity index (χ4n) is 2.09. The highest BCUT2D eigenvalue weighted by atomic mass is 32.1. The first-order valence-corrected chi connectivity index (χ1v) is 7.17. The molecular weight excluding hydrogens is 294 g/mol. The number of ether oxygens (including phenoxy) is 1. The zero-order valence-corrected chi connectivity index (χ0v) is 12.3. The molecule has 1 aliphatic heterocycles. The lowest BCUT2D eigenvalue weighted by Crippen LogP contribution is -2.56. The smallest absolute Gasteiger partial charge is 0.339 e. The molecule has 0 aliphatic carbocycles. The number of carbonyl (C=O) groups is 1. The highest BCUT2D eigenvalue weighted by Crippen LogP contribution is 2.21. The molecule has 1 amide bonds. The summed E-state index contributed by atoms with van der Waals surface area (Å²) in [6.45, 7) is 4.41. The van der Waals surface area contributed by atoms with Crippen molar-refractivity contribution in [1.29, 1.82) is 0 Å². The van der Waals surface area contributed by atoms with Crippen LogP contribution in [-0.2, 0) is 0 Å². The van der Waals surface area contributed by atoms with Gasteiger partial charge in [-0.3, -0.25) is 4.79 Å². The summed E-state index contributed by atoms with van der Waals surface area (Å²) in [6, 6.07) is 2.96. The van der Waals surface area contributed by atoms with E-state index in [2.05, 4.69) is 9.59 Å². The molecule has 0 aromatic carbocycles. The molecule has 1 saturated heterocycles. The molecule has 0 spiro atoms. The van der Waals surface area contributed by atoms with Gasteiger partial charge in [0.2, 0.25) is 0 Å². The predicted octanol–water partition coefficient (Wildman–Crippen LogP) is 1.01. The minimum atomic E-state index is -0.441. The van der Waals surface area contributed by atoms with E-state index >= 15 is 0 Å². The topological polar surface area (TPSA) is 85.5 Å². The van der Waals surface area contributed by atoms with E-state index in [1.54, 1.807) is 24.8 Å². The monoisotopic (exact) mass is 307 g/mol. The van der Waals surface area contributed by atoms with Crippen LogP contribution in [0.25, 0.3) is 0 Å². The second-order valence-corrected chi connectivity index (χ2v) is 5.61. The van der Waals surface area contributed by atoms with Crippen LogP contribution in [0.15, 0.2) is 21.3 Å². The molecule has 1 aliphatic rings. The molecule has 110 valence electrons. The quantitative estimate of drug-likeness (QED) is 0.841. The van der Waals surface area contributed by atoms with Crippen molar-refractivity contribution >= 4 is 17.4 Å². The van der Waals surface area contributed by atoms with Gasteiger partial charge in [-0.05, 0) is 25.4 Å². The standard InChI is InChI=1S/C13H13N3O4S/c1-7-3-9(4-11(17)19-7)20-10-5-16(6-10)13(18)12-8(2)14-15-21-12/h3-4,10H,5-6H2,1-2H3. The second kappa shape index (κ2) is 5.28. The van der Waals surface area contributed by atoms with E-state index in [1.165, 1.54) is 6.07 Å². The normalized spacial score (nSPS) is 14.9. The van der Waals surface area contributed by atoms with Crippen LogP contribution in [0.3, 0.4) is 0 Å². The Morgan fingerprint density at radius 2 is 2.19 bits per heavy atom. The molecule has 7 nitrogen and oxygen atoms in total. The van der Waals surface area contributed by atoms with Crippen molar-refractivity contribution in [3.05, 3.63) is 38.9 Å². The van der Waals surface area contributed by atoms with Gasteiger partial charge in [0.15, 0.2) is 0 Å². The zero-order valence-electron chi connectivity index (χ0n) is 11.5. The third-order valence-electron chi connectivity index (χ3n) is 3.15. The lowest BCUT2D eigenvalue weighted by Gasteiger charge is -2.38. The van der Waals surface area contributed by atoms with Gasteiger partial charge in [0.1, 0.15) is 22.5 Å². The summed E-state index contributed by atoms with van der Waals surface area (Å²) >= 11 is 1.10. The summed E-state index contributed by atoms with van der Waals surface area (Å²) < 4.78 is 14.3. The molecule has 3 heterocycles. The number of likely N-dealkylation sites (tertiary alicyclic amines) is 1. The van der Waals surface area contributed by atoms with Crippen molar-refractivity contribution in [3.8, 4) is 5.75 Å². The Kier molecular flexibility index (Phi) is 3.46. The van der Waals surface area contributed by atoms with Crippen molar-refractivity contribution < 1.29 is 13.9 Å². The van der Waals surface area contributed by atoms with Crippen molar-refractivity contribution in [3.63, 3.8) is 0 Å². The van der Waals surface area contributed by atoms with Crippen LogP contribution in [-0.4, -0.2) is 39.6 Å². The Hall–Kier alpha value is -2.22. The average molecular weight is 307 g/mol. The Bertz CT molecular complexity index is 733. The Morgan fingerprint density at radius 1 is 1.43 bits per heavy atom. The van der Waals surface area contributed by atoms with Gasteiger partial charge in [0, 0.05) is 6.07 Å². The van der Waals surface area contributed by atoms with Gasteiger partial charge < -0.3 is 14.1 Å². The predicted molar refractivity (Wildman–Crippen MR) is 74.7 cm³/mol. The SMILES string of the molecule is Cc1cc(OC2CN(C(=O)c3snnc3C)C2)cc(=O)o1. The first-order chi connectivity index (χ1) is 10.0. The van der Waals surface area contributed by atoms with Gasteiger partial charge in [-0.15, -0.1) is 5.10 Å². The molecule has 0 atom stereocenters. The third-order valence-corrected chi connectivity index (χ3v) is 3.97. The number of hydrogen-bond donors (Lipinski definition) is 0. The van der Waals surface area contributed by atoms with Gasteiger partial charge in [-0.25, -0.2) is 4.79 Å². The maximum Gasteiger partial charge on any atom is 0.339 e. The first-order valence-electron chi connectivity index (χ1n) is 6.39. The summed E-state index contributed by atoms with van der Waals surface area (Å²) in [7, 11) is 0. The molecule has 0 unspecified atom stereocenters. The van der Waals surface area contributed by atoms with E-state index < -0.39 is 5.63 Å². The van der Waals surface area contributed by atoms with Crippen molar-refractivity contribution in [2.75, 3.05) is 13.1 Å². The Balaban J connectivity index is 1.60. The fourth-order valence-corrected chi connectivity index (χ4v) is 2.71. The summed E-state index contributed by atoms with van der Waals surface area (Å²) in [6.07, 6.45) is -0.115. The number of hydrogen-bond acceptors (Lipinski definition) is 7. The van der Waals surface area contributed by atoms with Crippen LogP contribution in [0.2, 0.25) is 0 Å². The third kappa shape index (κ3) is 2.80. The van der Waals surface area contributed by atoms with Gasteiger partial charge in [-0.2, -0.15) is 0 Å². The van der Waals surface area contributed by atoms with E-state index in [0.717, 1.165) is 11.5 Å². The largest absolute Gasteiger partial charge is 0.486 e. The van der Waals surface area contributed by atoms with Crippen molar-refractivity contribution in [2.24, 2.45) is 0 Å². The van der Waals surface area contributed by atoms with E-state index in [0.29, 0.717) is 35.2 Å². The van der Waals surface area contributed by atoms with Crippen LogP contribution < -0.4 is 10.4 Å². The van der Waals surface area contributed by atoms with Gasteiger partial charge in [0.05, 0.1) is 24.8 Å². The number of rotatable bonds is 3. The molecular formula is C13H13N3O4S. The summed E-state index contributed by atoms with van der Waals surface area (Å²) in [5.74, 6) is 0.888. The number of aromatic nitrogens is 2. The van der Waals surface area contributed by atoms with Gasteiger partial charge in [0.25, 0.3) is 5.91 Å². The second-order valence-electron chi connectivity index (χ2n) is 4.86. The highest BCUT2D eigenvalue weighted by molar-refractivity contribution is 7.07. The molecule has 21 heavy (non-hydrogen) atoms. The maximum absolute atomic E-state index is 12.2.